The molecule has 1 fully saturated rings. The summed E-state index contributed by atoms with van der Waals surface area (Å²) in [6.07, 6.45) is 5.63. The molecule has 1 aromatic rings. The van der Waals surface area contributed by atoms with Crippen LogP contribution in [0.15, 0.2) is 12.4 Å². The van der Waals surface area contributed by atoms with E-state index in [4.69, 9.17) is 9.84 Å². The van der Waals surface area contributed by atoms with Crippen LogP contribution in [0.5, 0.6) is 0 Å². The second kappa shape index (κ2) is 6.78. The summed E-state index contributed by atoms with van der Waals surface area (Å²) in [5.74, 6) is 1.27. The lowest BCUT2D eigenvalue weighted by Crippen LogP contribution is -2.21. The van der Waals surface area contributed by atoms with Crippen molar-refractivity contribution in [1.29, 1.82) is 0 Å². The van der Waals surface area contributed by atoms with Crippen LogP contribution >= 0.6 is 0 Å². The lowest BCUT2D eigenvalue weighted by atomic mass is 10.1. The average molecular weight is 251 g/mol. The highest BCUT2D eigenvalue weighted by Gasteiger charge is 2.21. The van der Waals surface area contributed by atoms with Gasteiger partial charge < -0.3 is 9.84 Å². The van der Waals surface area contributed by atoms with E-state index >= 15 is 0 Å². The molecule has 1 aliphatic heterocycles. The minimum absolute atomic E-state index is 0.295. The molecule has 0 amide bonds. The predicted molar refractivity (Wildman–Crippen MR) is 68.1 cm³/mol. The lowest BCUT2D eigenvalue weighted by molar-refractivity contribution is 0.200. The van der Waals surface area contributed by atoms with Crippen LogP contribution in [0.25, 0.3) is 0 Å². The topological polar surface area (TPSA) is 58.5 Å². The Bertz CT molecular complexity index is 356. The molecule has 2 heterocycles. The van der Waals surface area contributed by atoms with E-state index in [-0.39, 0.29) is 0 Å². The van der Waals surface area contributed by atoms with Gasteiger partial charge in [0, 0.05) is 51.2 Å². The number of nitrogens with zero attached hydrogens (tertiary/aromatic N) is 3. The highest BCUT2D eigenvalue weighted by molar-refractivity contribution is 5.05. The van der Waals surface area contributed by atoms with E-state index < -0.39 is 0 Å². The molecule has 1 saturated heterocycles. The molecular formula is C13H21N3O2. The first-order valence-electron chi connectivity index (χ1n) is 6.43. The largest absolute Gasteiger partial charge is 0.396 e. The number of hydrogen-bond donors (Lipinski definition) is 1. The normalized spacial score (nSPS) is 20.4. The van der Waals surface area contributed by atoms with Crippen LogP contribution in [0.3, 0.4) is 0 Å². The molecule has 5 heteroatoms. The quantitative estimate of drug-likeness (QED) is 0.797. The number of rotatable bonds is 6. The maximum absolute atomic E-state index is 9.11. The van der Waals surface area contributed by atoms with Gasteiger partial charge in [0.15, 0.2) is 0 Å². The summed E-state index contributed by atoms with van der Waals surface area (Å²) in [4.78, 5) is 11.0. The minimum Gasteiger partial charge on any atom is -0.396 e. The Balaban J connectivity index is 1.83. The Labute approximate surface area is 108 Å². The van der Waals surface area contributed by atoms with Crippen LogP contribution < -0.4 is 0 Å². The molecule has 0 radical (unpaired) electrons. The van der Waals surface area contributed by atoms with Gasteiger partial charge in [-0.05, 0) is 18.9 Å². The molecule has 1 N–H and O–H groups in total. The van der Waals surface area contributed by atoms with Crippen LogP contribution in [0, 0.1) is 5.92 Å². The zero-order chi connectivity index (χ0) is 12.8. The van der Waals surface area contributed by atoms with Crippen LogP contribution in [0.2, 0.25) is 0 Å². The van der Waals surface area contributed by atoms with Crippen molar-refractivity contribution in [3.8, 4) is 0 Å². The molecule has 18 heavy (non-hydrogen) atoms. The molecule has 0 aliphatic carbocycles. The summed E-state index contributed by atoms with van der Waals surface area (Å²) in [7, 11) is 1.68. The molecular weight excluding hydrogens is 230 g/mol. The molecule has 1 atom stereocenters. The van der Waals surface area contributed by atoms with Gasteiger partial charge in [-0.2, -0.15) is 0 Å². The standard InChI is InChI=1S/C13H21N3O2/c1-18-5-3-13-14-6-12(7-15-13)9-16-4-2-11(8-16)10-17/h6-7,11,17H,2-5,8-10H2,1H3/t11-/m0/s1. The number of hydrogen-bond acceptors (Lipinski definition) is 5. The summed E-state index contributed by atoms with van der Waals surface area (Å²) >= 11 is 0. The molecule has 1 aromatic heterocycles. The van der Waals surface area contributed by atoms with E-state index in [0.29, 0.717) is 19.1 Å². The zero-order valence-corrected chi connectivity index (χ0v) is 10.9. The number of aliphatic hydroxyl groups is 1. The molecule has 0 spiro atoms. The number of methoxy groups -OCH3 is 1. The Hall–Kier alpha value is -1.04. The SMILES string of the molecule is COCCc1ncc(CN2CC[C@H](CO)C2)cn1. The summed E-state index contributed by atoms with van der Waals surface area (Å²) in [6.45, 7) is 3.85. The van der Waals surface area contributed by atoms with Crippen LogP contribution in [0.1, 0.15) is 17.8 Å². The first-order chi connectivity index (χ1) is 8.81. The molecule has 100 valence electrons. The second-order valence-electron chi connectivity index (χ2n) is 4.82. The summed E-state index contributed by atoms with van der Waals surface area (Å²) in [5.41, 5.74) is 1.13. The maximum Gasteiger partial charge on any atom is 0.130 e. The smallest absolute Gasteiger partial charge is 0.130 e. The Morgan fingerprint density at radius 3 is 2.83 bits per heavy atom. The summed E-state index contributed by atoms with van der Waals surface area (Å²) in [6, 6.07) is 0. The molecule has 0 bridgehead atoms. The van der Waals surface area contributed by atoms with Gasteiger partial charge in [0.05, 0.1) is 6.61 Å². The van der Waals surface area contributed by atoms with Crippen LogP contribution in [0.4, 0.5) is 0 Å². The van der Waals surface area contributed by atoms with Crippen LogP contribution in [-0.2, 0) is 17.7 Å². The molecule has 0 aromatic carbocycles. The van der Waals surface area contributed by atoms with Gasteiger partial charge in [0.1, 0.15) is 5.82 Å². The van der Waals surface area contributed by atoms with Gasteiger partial charge in [-0.15, -0.1) is 0 Å². The maximum atomic E-state index is 9.11. The third-order valence-electron chi connectivity index (χ3n) is 3.32. The van der Waals surface area contributed by atoms with E-state index in [9.17, 15) is 0 Å². The van der Waals surface area contributed by atoms with Gasteiger partial charge in [0.25, 0.3) is 0 Å². The monoisotopic (exact) mass is 251 g/mol. The second-order valence-corrected chi connectivity index (χ2v) is 4.82. The average Bonchev–Trinajstić information content (AvgIpc) is 2.86. The van der Waals surface area contributed by atoms with Crippen molar-refractivity contribution < 1.29 is 9.84 Å². The van der Waals surface area contributed by atoms with Crippen molar-refractivity contribution in [1.82, 2.24) is 14.9 Å². The number of aromatic nitrogens is 2. The molecule has 5 nitrogen and oxygen atoms in total. The van der Waals surface area contributed by atoms with E-state index in [0.717, 1.165) is 43.9 Å². The van der Waals surface area contributed by atoms with Crippen molar-refractivity contribution in [3.05, 3.63) is 23.8 Å². The van der Waals surface area contributed by atoms with Crippen molar-refractivity contribution in [3.63, 3.8) is 0 Å². The third kappa shape index (κ3) is 3.73. The van der Waals surface area contributed by atoms with Gasteiger partial charge in [-0.1, -0.05) is 0 Å². The van der Waals surface area contributed by atoms with Gasteiger partial charge in [0.2, 0.25) is 0 Å². The molecule has 1 aliphatic rings. The van der Waals surface area contributed by atoms with E-state index in [1.165, 1.54) is 0 Å². The van der Waals surface area contributed by atoms with Crippen LogP contribution in [-0.4, -0.2) is 53.4 Å². The number of aliphatic hydroxyl groups excluding tert-OH is 1. The van der Waals surface area contributed by atoms with Gasteiger partial charge in [-0.3, -0.25) is 4.90 Å². The summed E-state index contributed by atoms with van der Waals surface area (Å²) < 4.78 is 5.00. The van der Waals surface area contributed by atoms with E-state index in [1.807, 2.05) is 12.4 Å². The van der Waals surface area contributed by atoms with E-state index in [2.05, 4.69) is 14.9 Å². The van der Waals surface area contributed by atoms with Crippen molar-refractivity contribution in [2.24, 2.45) is 5.92 Å². The van der Waals surface area contributed by atoms with Crippen molar-refractivity contribution >= 4 is 0 Å². The highest BCUT2D eigenvalue weighted by atomic mass is 16.5. The Kier molecular flexibility index (Phi) is 5.04. The van der Waals surface area contributed by atoms with Crippen molar-refractivity contribution in [2.75, 3.05) is 33.4 Å². The fraction of sp³-hybridized carbons (Fsp3) is 0.692. The number of ether oxygens (including phenoxy) is 1. The molecule has 2 rings (SSSR count). The Morgan fingerprint density at radius 2 is 2.22 bits per heavy atom. The number of likely N-dealkylation sites (tertiary alicyclic amines) is 1. The Morgan fingerprint density at radius 1 is 1.44 bits per heavy atom. The minimum atomic E-state index is 0.295. The third-order valence-corrected chi connectivity index (χ3v) is 3.32. The summed E-state index contributed by atoms with van der Waals surface area (Å²) in [5, 5.41) is 9.11. The first kappa shape index (κ1) is 13.4. The fourth-order valence-electron chi connectivity index (χ4n) is 2.25. The highest BCUT2D eigenvalue weighted by Crippen LogP contribution is 2.17. The molecule has 0 saturated carbocycles. The van der Waals surface area contributed by atoms with Gasteiger partial charge in [-0.25, -0.2) is 9.97 Å². The molecule has 0 unspecified atom stereocenters. The first-order valence-corrected chi connectivity index (χ1v) is 6.43. The fourth-order valence-corrected chi connectivity index (χ4v) is 2.25. The predicted octanol–water partition coefficient (Wildman–Crippen LogP) is 0.480. The lowest BCUT2D eigenvalue weighted by Gasteiger charge is -2.15. The zero-order valence-electron chi connectivity index (χ0n) is 10.9. The van der Waals surface area contributed by atoms with Gasteiger partial charge >= 0.3 is 0 Å². The van der Waals surface area contributed by atoms with Crippen molar-refractivity contribution in [2.45, 2.75) is 19.4 Å². The van der Waals surface area contributed by atoms with E-state index in [1.54, 1.807) is 7.11 Å².